The minimum absolute atomic E-state index is 0.0545. The standard InChI is InChI=1S/C29H34/c1-19(2)18-29(6,7)22-12-13-23-21(16-22)17-25-24(23)14-15-26(28(3,4)5)27(25)20-10-8-9-11-20/h8-16,18,20H,17H2,1-7H3. The van der Waals surface area contributed by atoms with Gasteiger partial charge in [-0.3, -0.25) is 0 Å². The topological polar surface area (TPSA) is 0 Å². The Morgan fingerprint density at radius 2 is 1.55 bits per heavy atom. The highest BCUT2D eigenvalue weighted by Crippen LogP contribution is 2.46. The first-order chi connectivity index (χ1) is 13.6. The average molecular weight is 383 g/mol. The van der Waals surface area contributed by atoms with E-state index in [2.05, 4.69) is 109 Å². The van der Waals surface area contributed by atoms with Crippen LogP contribution >= 0.6 is 0 Å². The summed E-state index contributed by atoms with van der Waals surface area (Å²) in [6, 6.07) is 11.9. The van der Waals surface area contributed by atoms with Gasteiger partial charge in [0.15, 0.2) is 0 Å². The van der Waals surface area contributed by atoms with Crippen LogP contribution in [-0.4, -0.2) is 0 Å². The van der Waals surface area contributed by atoms with Crippen LogP contribution in [0.25, 0.3) is 11.1 Å². The molecule has 0 atom stereocenters. The molecule has 29 heavy (non-hydrogen) atoms. The lowest BCUT2D eigenvalue weighted by Crippen LogP contribution is -2.17. The smallest absolute Gasteiger partial charge is 0.0210 e. The van der Waals surface area contributed by atoms with E-state index in [1.807, 2.05) is 0 Å². The number of benzene rings is 2. The average Bonchev–Trinajstić information content (AvgIpc) is 3.26. The maximum Gasteiger partial charge on any atom is 0.0210 e. The van der Waals surface area contributed by atoms with E-state index in [0.717, 1.165) is 6.42 Å². The molecule has 2 aliphatic rings. The third-order valence-electron chi connectivity index (χ3n) is 6.40. The van der Waals surface area contributed by atoms with Gasteiger partial charge >= 0.3 is 0 Å². The Hall–Kier alpha value is -2.34. The van der Waals surface area contributed by atoms with Crippen LogP contribution in [0.1, 0.15) is 82.2 Å². The zero-order chi connectivity index (χ0) is 21.0. The van der Waals surface area contributed by atoms with Crippen LogP contribution in [-0.2, 0) is 17.3 Å². The molecular weight excluding hydrogens is 348 g/mol. The van der Waals surface area contributed by atoms with Crippen molar-refractivity contribution in [2.45, 2.75) is 71.6 Å². The molecule has 0 N–H and O–H groups in total. The molecule has 2 aliphatic carbocycles. The number of fused-ring (bicyclic) bond motifs is 3. The predicted octanol–water partition coefficient (Wildman–Crippen LogP) is 8.01. The van der Waals surface area contributed by atoms with Crippen LogP contribution in [0.2, 0.25) is 0 Å². The van der Waals surface area contributed by atoms with Crippen molar-refractivity contribution in [2.24, 2.45) is 0 Å². The Bertz CT molecular complexity index is 1030. The van der Waals surface area contributed by atoms with E-state index in [1.165, 1.54) is 44.5 Å². The monoisotopic (exact) mass is 382 g/mol. The molecule has 0 aromatic heterocycles. The van der Waals surface area contributed by atoms with Crippen molar-refractivity contribution in [1.82, 2.24) is 0 Å². The Morgan fingerprint density at radius 3 is 2.17 bits per heavy atom. The van der Waals surface area contributed by atoms with Crippen molar-refractivity contribution in [1.29, 1.82) is 0 Å². The van der Waals surface area contributed by atoms with Crippen molar-refractivity contribution >= 4 is 0 Å². The minimum atomic E-state index is 0.0545. The highest BCUT2D eigenvalue weighted by molar-refractivity contribution is 5.80. The summed E-state index contributed by atoms with van der Waals surface area (Å²) in [5.74, 6) is 0.398. The van der Waals surface area contributed by atoms with Gasteiger partial charge in [0.25, 0.3) is 0 Å². The van der Waals surface area contributed by atoms with Gasteiger partial charge in [0.2, 0.25) is 0 Å². The first-order valence-corrected chi connectivity index (χ1v) is 10.9. The van der Waals surface area contributed by atoms with E-state index in [-0.39, 0.29) is 10.8 Å². The molecule has 0 spiro atoms. The van der Waals surface area contributed by atoms with E-state index < -0.39 is 0 Å². The first-order valence-electron chi connectivity index (χ1n) is 10.9. The van der Waals surface area contributed by atoms with E-state index in [1.54, 1.807) is 0 Å². The number of hydrogen-bond donors (Lipinski definition) is 0. The van der Waals surface area contributed by atoms with Crippen molar-refractivity contribution in [2.75, 3.05) is 0 Å². The molecule has 0 unspecified atom stereocenters. The van der Waals surface area contributed by atoms with Crippen molar-refractivity contribution in [3.63, 3.8) is 0 Å². The number of hydrogen-bond acceptors (Lipinski definition) is 0. The fourth-order valence-electron chi connectivity index (χ4n) is 5.17. The molecular formula is C29H34. The lowest BCUT2D eigenvalue weighted by atomic mass is 9.77. The molecule has 0 saturated carbocycles. The van der Waals surface area contributed by atoms with Crippen LogP contribution in [0.4, 0.5) is 0 Å². The summed E-state index contributed by atoms with van der Waals surface area (Å²) in [6.07, 6.45) is 12.5. The summed E-state index contributed by atoms with van der Waals surface area (Å²) in [4.78, 5) is 0. The fourth-order valence-corrected chi connectivity index (χ4v) is 5.17. The first kappa shape index (κ1) is 20.0. The number of allylic oxidation sites excluding steroid dienone is 6. The van der Waals surface area contributed by atoms with E-state index in [0.29, 0.717) is 5.92 Å². The summed E-state index contributed by atoms with van der Waals surface area (Å²) in [6.45, 7) is 16.0. The van der Waals surface area contributed by atoms with Crippen LogP contribution < -0.4 is 0 Å². The van der Waals surface area contributed by atoms with Gasteiger partial charge in [0.05, 0.1) is 0 Å². The lowest BCUT2D eigenvalue weighted by Gasteiger charge is -2.27. The molecule has 0 heteroatoms. The van der Waals surface area contributed by atoms with Gasteiger partial charge in [-0.15, -0.1) is 0 Å². The zero-order valence-corrected chi connectivity index (χ0v) is 19.1. The van der Waals surface area contributed by atoms with E-state index in [9.17, 15) is 0 Å². The maximum absolute atomic E-state index is 2.45. The lowest BCUT2D eigenvalue weighted by molar-refractivity contribution is 0.581. The summed E-state index contributed by atoms with van der Waals surface area (Å²) in [5.41, 5.74) is 11.8. The Kier molecular flexibility index (Phi) is 4.73. The van der Waals surface area contributed by atoms with Crippen LogP contribution in [0.15, 0.2) is 66.3 Å². The zero-order valence-electron chi connectivity index (χ0n) is 19.1. The van der Waals surface area contributed by atoms with Crippen molar-refractivity contribution in [3.8, 4) is 11.1 Å². The van der Waals surface area contributed by atoms with E-state index >= 15 is 0 Å². The molecule has 4 rings (SSSR count). The largest absolute Gasteiger partial charge is 0.0796 e. The normalized spacial score (nSPS) is 15.6. The molecule has 0 heterocycles. The SMILES string of the molecule is CC(C)=CC(C)(C)c1ccc2c(c1)Cc1c-2ccc(C(C)(C)C)c1C1C=CC=C1. The molecule has 0 fully saturated rings. The molecule has 150 valence electrons. The predicted molar refractivity (Wildman–Crippen MR) is 127 cm³/mol. The minimum Gasteiger partial charge on any atom is -0.0796 e. The van der Waals surface area contributed by atoms with Gasteiger partial charge in [-0.05, 0) is 64.6 Å². The van der Waals surface area contributed by atoms with E-state index in [4.69, 9.17) is 0 Å². The van der Waals surface area contributed by atoms with Crippen LogP contribution in [0.5, 0.6) is 0 Å². The highest BCUT2D eigenvalue weighted by atomic mass is 14.3. The van der Waals surface area contributed by atoms with Gasteiger partial charge in [0.1, 0.15) is 0 Å². The molecule has 0 radical (unpaired) electrons. The second-order valence-electron chi connectivity index (χ2n) is 10.6. The second-order valence-corrected chi connectivity index (χ2v) is 10.6. The van der Waals surface area contributed by atoms with Gasteiger partial charge in [-0.25, -0.2) is 0 Å². The molecule has 2 aromatic rings. The van der Waals surface area contributed by atoms with Gasteiger partial charge in [-0.2, -0.15) is 0 Å². The Morgan fingerprint density at radius 1 is 0.897 bits per heavy atom. The molecule has 2 aromatic carbocycles. The Balaban J connectivity index is 1.85. The highest BCUT2D eigenvalue weighted by Gasteiger charge is 2.30. The summed E-state index contributed by atoms with van der Waals surface area (Å²) in [7, 11) is 0. The summed E-state index contributed by atoms with van der Waals surface area (Å²) in [5, 5.41) is 0. The third-order valence-corrected chi connectivity index (χ3v) is 6.40. The molecule has 0 bridgehead atoms. The van der Waals surface area contributed by atoms with Gasteiger partial charge in [0, 0.05) is 11.3 Å². The summed E-state index contributed by atoms with van der Waals surface area (Å²) >= 11 is 0. The van der Waals surface area contributed by atoms with Gasteiger partial charge < -0.3 is 0 Å². The van der Waals surface area contributed by atoms with Crippen LogP contribution in [0, 0.1) is 0 Å². The van der Waals surface area contributed by atoms with Crippen molar-refractivity contribution < 1.29 is 0 Å². The Labute approximate surface area is 177 Å². The van der Waals surface area contributed by atoms with Crippen molar-refractivity contribution in [3.05, 3.63) is 94.1 Å². The van der Waals surface area contributed by atoms with Gasteiger partial charge in [-0.1, -0.05) is 101 Å². The molecule has 0 aliphatic heterocycles. The quantitative estimate of drug-likeness (QED) is 0.402. The third kappa shape index (κ3) is 3.54. The maximum atomic E-state index is 2.45. The fraction of sp³-hybridized carbons (Fsp3) is 0.379. The second kappa shape index (κ2) is 6.87. The number of rotatable bonds is 3. The molecule has 0 saturated heterocycles. The molecule has 0 nitrogen and oxygen atoms in total. The summed E-state index contributed by atoms with van der Waals surface area (Å²) < 4.78 is 0. The molecule has 0 amide bonds. The van der Waals surface area contributed by atoms with Crippen LogP contribution in [0.3, 0.4) is 0 Å².